The molecule has 1 aliphatic rings. The molecule has 1 aliphatic heterocycles. The summed E-state index contributed by atoms with van der Waals surface area (Å²) in [6, 6.07) is 19.4. The molecule has 0 N–H and O–H groups in total. The van der Waals surface area contributed by atoms with Crippen molar-refractivity contribution >= 4 is 35.7 Å². The Kier molecular flexibility index (Phi) is 7.30. The van der Waals surface area contributed by atoms with Gasteiger partial charge < -0.3 is 14.2 Å². The number of ether oxygens (including phenoxy) is 3. The molecular formula is C27H20N2O7. The Bertz CT molecular complexity index is 1390. The van der Waals surface area contributed by atoms with Crippen LogP contribution in [0.5, 0.6) is 11.5 Å². The maximum Gasteiger partial charge on any atom is 0.363 e. The number of non-ortho nitro benzene ring substituents is 1. The molecule has 1 heterocycles. The van der Waals surface area contributed by atoms with Crippen LogP contribution in [0.25, 0.3) is 12.2 Å². The number of benzene rings is 3. The third kappa shape index (κ3) is 5.89. The Labute approximate surface area is 206 Å². The quantitative estimate of drug-likeness (QED) is 0.141. The van der Waals surface area contributed by atoms with Gasteiger partial charge in [-0.15, -0.1) is 0 Å². The van der Waals surface area contributed by atoms with Gasteiger partial charge in [-0.3, -0.25) is 10.1 Å². The van der Waals surface area contributed by atoms with E-state index in [-0.39, 0.29) is 34.3 Å². The third-order valence-electron chi connectivity index (χ3n) is 4.94. The number of aliphatic imine (C=N–C) groups is 1. The number of nitrogens with zero attached hydrogens (tertiary/aromatic N) is 2. The molecule has 9 heteroatoms. The van der Waals surface area contributed by atoms with Crippen molar-refractivity contribution in [1.29, 1.82) is 0 Å². The lowest BCUT2D eigenvalue weighted by molar-refractivity contribution is -0.384. The maximum absolute atomic E-state index is 12.5. The molecule has 0 radical (unpaired) electrons. The smallest absolute Gasteiger partial charge is 0.363 e. The van der Waals surface area contributed by atoms with E-state index < -0.39 is 16.9 Å². The van der Waals surface area contributed by atoms with E-state index >= 15 is 0 Å². The molecule has 0 amide bonds. The number of carbonyl (C=O) groups excluding carboxylic acids is 2. The first-order valence-corrected chi connectivity index (χ1v) is 10.9. The number of nitro benzene ring substituents is 1. The van der Waals surface area contributed by atoms with Gasteiger partial charge in [0, 0.05) is 18.2 Å². The predicted octanol–water partition coefficient (Wildman–Crippen LogP) is 5.22. The summed E-state index contributed by atoms with van der Waals surface area (Å²) >= 11 is 0. The molecule has 180 valence electrons. The largest absolute Gasteiger partial charge is 0.490 e. The van der Waals surface area contributed by atoms with Gasteiger partial charge in [-0.25, -0.2) is 14.6 Å². The van der Waals surface area contributed by atoms with E-state index in [1.165, 1.54) is 36.4 Å². The molecule has 0 saturated heterocycles. The van der Waals surface area contributed by atoms with Crippen LogP contribution in [0, 0.1) is 10.1 Å². The zero-order valence-corrected chi connectivity index (χ0v) is 19.1. The summed E-state index contributed by atoms with van der Waals surface area (Å²) < 4.78 is 16.3. The monoisotopic (exact) mass is 484 g/mol. The summed E-state index contributed by atoms with van der Waals surface area (Å²) in [5, 5.41) is 10.8. The highest BCUT2D eigenvalue weighted by Crippen LogP contribution is 2.31. The van der Waals surface area contributed by atoms with E-state index in [0.29, 0.717) is 12.2 Å². The van der Waals surface area contributed by atoms with E-state index in [1.807, 2.05) is 30.3 Å². The Morgan fingerprint density at radius 2 is 1.75 bits per heavy atom. The summed E-state index contributed by atoms with van der Waals surface area (Å²) in [4.78, 5) is 39.3. The molecule has 4 rings (SSSR count). The van der Waals surface area contributed by atoms with Crippen LogP contribution in [0.3, 0.4) is 0 Å². The summed E-state index contributed by atoms with van der Waals surface area (Å²) in [5.74, 6) is -0.674. The molecular weight excluding hydrogens is 464 g/mol. The highest BCUT2D eigenvalue weighted by Gasteiger charge is 2.22. The van der Waals surface area contributed by atoms with Crippen molar-refractivity contribution in [3.63, 3.8) is 0 Å². The van der Waals surface area contributed by atoms with Crippen LogP contribution in [0.4, 0.5) is 5.69 Å². The fraction of sp³-hybridized carbons (Fsp3) is 0.0741. The first-order chi connectivity index (χ1) is 17.4. The Hall–Kier alpha value is -5.05. The van der Waals surface area contributed by atoms with Crippen LogP contribution in [-0.2, 0) is 9.53 Å². The van der Waals surface area contributed by atoms with Crippen molar-refractivity contribution in [2.24, 2.45) is 4.99 Å². The van der Waals surface area contributed by atoms with Gasteiger partial charge in [0.25, 0.3) is 5.69 Å². The Balaban J connectivity index is 1.52. The van der Waals surface area contributed by atoms with Crippen molar-refractivity contribution in [3.05, 3.63) is 111 Å². The summed E-state index contributed by atoms with van der Waals surface area (Å²) in [6.45, 7) is 2.08. The van der Waals surface area contributed by atoms with E-state index in [4.69, 9.17) is 14.2 Å². The van der Waals surface area contributed by atoms with Crippen LogP contribution in [0.1, 0.15) is 28.4 Å². The van der Waals surface area contributed by atoms with Gasteiger partial charge in [0.05, 0.1) is 17.1 Å². The minimum absolute atomic E-state index is 0.112. The number of cyclic esters (lactones) is 1. The molecule has 0 aliphatic carbocycles. The molecule has 0 fully saturated rings. The minimum Gasteiger partial charge on any atom is -0.490 e. The second kappa shape index (κ2) is 10.9. The van der Waals surface area contributed by atoms with E-state index in [0.717, 1.165) is 5.56 Å². The first kappa shape index (κ1) is 24.1. The number of esters is 2. The van der Waals surface area contributed by atoms with Gasteiger partial charge in [-0.2, -0.15) is 0 Å². The van der Waals surface area contributed by atoms with E-state index in [9.17, 15) is 19.7 Å². The zero-order valence-electron chi connectivity index (χ0n) is 19.1. The SMILES string of the molecule is CCOc1cc(/C=C2N=C(/C=C/c3ccccc3)OC/2=O)ccc1OC(=O)c1ccc([N+](=O)[O-])cc1. The van der Waals surface area contributed by atoms with Crippen LogP contribution in [0.2, 0.25) is 0 Å². The number of nitro groups is 1. The van der Waals surface area contributed by atoms with Crippen LogP contribution < -0.4 is 9.47 Å². The van der Waals surface area contributed by atoms with Crippen LogP contribution >= 0.6 is 0 Å². The topological polar surface area (TPSA) is 117 Å². The molecule has 3 aromatic carbocycles. The molecule has 0 atom stereocenters. The molecule has 0 bridgehead atoms. The van der Waals surface area contributed by atoms with Gasteiger partial charge >= 0.3 is 11.9 Å². The van der Waals surface area contributed by atoms with Gasteiger partial charge in [0.15, 0.2) is 17.2 Å². The second-order valence-corrected chi connectivity index (χ2v) is 7.45. The average molecular weight is 484 g/mol. The highest BCUT2D eigenvalue weighted by molar-refractivity contribution is 6.11. The first-order valence-electron chi connectivity index (χ1n) is 10.9. The highest BCUT2D eigenvalue weighted by atomic mass is 16.6. The lowest BCUT2D eigenvalue weighted by Crippen LogP contribution is -2.10. The maximum atomic E-state index is 12.5. The van der Waals surface area contributed by atoms with Gasteiger partial charge in [-0.05, 0) is 54.5 Å². The average Bonchev–Trinajstić information content (AvgIpc) is 3.24. The van der Waals surface area contributed by atoms with Crippen molar-refractivity contribution < 1.29 is 28.7 Å². The Morgan fingerprint density at radius 3 is 2.44 bits per heavy atom. The molecule has 0 spiro atoms. The van der Waals surface area contributed by atoms with E-state index in [1.54, 1.807) is 31.2 Å². The predicted molar refractivity (Wildman–Crippen MR) is 133 cm³/mol. The number of hydrogen-bond donors (Lipinski definition) is 0. The lowest BCUT2D eigenvalue weighted by Gasteiger charge is -2.11. The zero-order chi connectivity index (χ0) is 25.5. The minimum atomic E-state index is -0.698. The molecule has 0 saturated carbocycles. The number of carbonyl (C=O) groups is 2. The van der Waals surface area contributed by atoms with Gasteiger partial charge in [-0.1, -0.05) is 36.4 Å². The molecule has 0 aromatic heterocycles. The second-order valence-electron chi connectivity index (χ2n) is 7.45. The van der Waals surface area contributed by atoms with Crippen molar-refractivity contribution in [2.75, 3.05) is 6.61 Å². The Morgan fingerprint density at radius 1 is 1.00 bits per heavy atom. The van der Waals surface area contributed by atoms with Gasteiger partial charge in [0.1, 0.15) is 0 Å². The summed E-state index contributed by atoms with van der Waals surface area (Å²) in [5.41, 5.74) is 1.64. The fourth-order valence-electron chi connectivity index (χ4n) is 3.23. The standard InChI is InChI=1S/C27H20N2O7/c1-2-34-24-17-19(8-14-23(24)35-26(30)20-10-12-21(13-11-20)29(32)33)16-22-27(31)36-25(28-22)15-9-18-6-4-3-5-7-18/h3-17H,2H2,1H3/b15-9+,22-16+. The normalized spacial score (nSPS) is 14.0. The molecule has 9 nitrogen and oxygen atoms in total. The number of hydrogen-bond acceptors (Lipinski definition) is 8. The molecule has 3 aromatic rings. The van der Waals surface area contributed by atoms with Crippen LogP contribution in [-0.4, -0.2) is 29.4 Å². The van der Waals surface area contributed by atoms with Crippen LogP contribution in [0.15, 0.2) is 89.6 Å². The fourth-order valence-corrected chi connectivity index (χ4v) is 3.23. The molecule has 0 unspecified atom stereocenters. The van der Waals surface area contributed by atoms with E-state index in [2.05, 4.69) is 4.99 Å². The summed E-state index contributed by atoms with van der Waals surface area (Å²) in [6.07, 6.45) is 4.94. The molecule has 36 heavy (non-hydrogen) atoms. The van der Waals surface area contributed by atoms with Crippen molar-refractivity contribution in [2.45, 2.75) is 6.92 Å². The van der Waals surface area contributed by atoms with Gasteiger partial charge in [0.2, 0.25) is 5.90 Å². The van der Waals surface area contributed by atoms with Crippen molar-refractivity contribution in [1.82, 2.24) is 0 Å². The third-order valence-corrected chi connectivity index (χ3v) is 4.94. The van der Waals surface area contributed by atoms with Crippen molar-refractivity contribution in [3.8, 4) is 11.5 Å². The lowest BCUT2D eigenvalue weighted by atomic mass is 10.1. The number of rotatable bonds is 8. The summed E-state index contributed by atoms with van der Waals surface area (Å²) in [7, 11) is 0.